The standard InChI is InChI=1S/C31H25ClF2N2O3S/c32-21-12-11-19-28(26(21)34)35(15-24(37)36-16-31(13-4-14-31)20-6-1-2-7-22(20)36)27(17-9-10-17)29(19)40-23-8-3-5-18(25(23)33)30(38)39/h1-3,5-8,11-12,17H,4,9-10,13-16H2,(H,38,39). The van der Waals surface area contributed by atoms with Crippen LogP contribution in [0.1, 0.15) is 59.6 Å². The van der Waals surface area contributed by atoms with E-state index in [0.717, 1.165) is 55.2 Å². The summed E-state index contributed by atoms with van der Waals surface area (Å²) in [6, 6.07) is 15.4. The Morgan fingerprint density at radius 3 is 2.50 bits per heavy atom. The molecule has 0 bridgehead atoms. The molecule has 0 unspecified atom stereocenters. The Balaban J connectivity index is 1.34. The minimum Gasteiger partial charge on any atom is -0.478 e. The van der Waals surface area contributed by atoms with Crippen molar-refractivity contribution in [3.05, 3.63) is 88.1 Å². The van der Waals surface area contributed by atoms with Gasteiger partial charge in [0.2, 0.25) is 5.91 Å². The quantitative estimate of drug-likeness (QED) is 0.254. The van der Waals surface area contributed by atoms with Gasteiger partial charge in [-0.1, -0.05) is 54.0 Å². The van der Waals surface area contributed by atoms with Crippen LogP contribution in [0, 0.1) is 11.6 Å². The van der Waals surface area contributed by atoms with E-state index < -0.39 is 23.2 Å². The summed E-state index contributed by atoms with van der Waals surface area (Å²) < 4.78 is 32.7. The van der Waals surface area contributed by atoms with Crippen LogP contribution in [0.2, 0.25) is 5.02 Å². The molecule has 40 heavy (non-hydrogen) atoms. The van der Waals surface area contributed by atoms with Gasteiger partial charge in [0.1, 0.15) is 6.54 Å². The lowest BCUT2D eigenvalue weighted by Gasteiger charge is -2.39. The lowest BCUT2D eigenvalue weighted by molar-refractivity contribution is -0.119. The first kappa shape index (κ1) is 25.6. The number of carboxylic acids is 1. The van der Waals surface area contributed by atoms with Crippen molar-refractivity contribution in [2.45, 2.75) is 59.8 Å². The third kappa shape index (κ3) is 3.87. The van der Waals surface area contributed by atoms with Crippen molar-refractivity contribution in [3.63, 3.8) is 0 Å². The van der Waals surface area contributed by atoms with Gasteiger partial charge in [0.05, 0.1) is 16.1 Å². The van der Waals surface area contributed by atoms with Gasteiger partial charge in [-0.25, -0.2) is 13.6 Å². The highest BCUT2D eigenvalue weighted by Crippen LogP contribution is 2.53. The zero-order chi connectivity index (χ0) is 27.8. The third-order valence-corrected chi connectivity index (χ3v) is 10.1. The largest absolute Gasteiger partial charge is 0.478 e. The summed E-state index contributed by atoms with van der Waals surface area (Å²) >= 11 is 7.31. The second-order valence-corrected chi connectivity index (χ2v) is 12.4. The van der Waals surface area contributed by atoms with Crippen molar-refractivity contribution in [2.75, 3.05) is 11.4 Å². The Kier molecular flexibility index (Phi) is 5.98. The number of aromatic nitrogens is 1. The summed E-state index contributed by atoms with van der Waals surface area (Å²) in [5.41, 5.74) is 2.66. The fourth-order valence-electron chi connectivity index (χ4n) is 6.37. The van der Waals surface area contributed by atoms with Crippen LogP contribution in [0.3, 0.4) is 0 Å². The molecular weight excluding hydrogens is 554 g/mol. The first-order valence-corrected chi connectivity index (χ1v) is 14.6. The van der Waals surface area contributed by atoms with Crippen LogP contribution in [0.15, 0.2) is 64.4 Å². The molecule has 3 aliphatic rings. The van der Waals surface area contributed by atoms with Crippen LogP contribution in [-0.4, -0.2) is 28.1 Å². The molecule has 1 amide bonds. The topological polar surface area (TPSA) is 62.5 Å². The summed E-state index contributed by atoms with van der Waals surface area (Å²) in [4.78, 5) is 28.1. The molecule has 1 spiro atoms. The van der Waals surface area contributed by atoms with Gasteiger partial charge in [0, 0.05) is 44.4 Å². The summed E-state index contributed by atoms with van der Waals surface area (Å²) in [7, 11) is 0. The number of anilines is 1. The predicted octanol–water partition coefficient (Wildman–Crippen LogP) is 7.77. The molecule has 2 aliphatic carbocycles. The van der Waals surface area contributed by atoms with Crippen LogP contribution in [0.25, 0.3) is 10.9 Å². The number of carbonyl (C=O) groups is 2. The zero-order valence-corrected chi connectivity index (χ0v) is 23.0. The lowest BCUT2D eigenvalue weighted by Crippen LogP contribution is -2.42. The maximum absolute atomic E-state index is 15.7. The first-order chi connectivity index (χ1) is 19.3. The maximum atomic E-state index is 15.7. The Morgan fingerprint density at radius 2 is 1.80 bits per heavy atom. The van der Waals surface area contributed by atoms with Crippen LogP contribution in [0.4, 0.5) is 14.5 Å². The Morgan fingerprint density at radius 1 is 1.02 bits per heavy atom. The fourth-order valence-corrected chi connectivity index (χ4v) is 7.75. The van der Waals surface area contributed by atoms with E-state index in [1.54, 1.807) is 10.6 Å². The van der Waals surface area contributed by atoms with Crippen molar-refractivity contribution < 1.29 is 23.5 Å². The monoisotopic (exact) mass is 578 g/mol. The molecule has 3 aromatic carbocycles. The van der Waals surface area contributed by atoms with Crippen molar-refractivity contribution in [2.24, 2.45) is 0 Å². The van der Waals surface area contributed by atoms with Gasteiger partial charge in [-0.05, 0) is 61.6 Å². The number of amides is 1. The van der Waals surface area contributed by atoms with Crippen LogP contribution in [0.5, 0.6) is 0 Å². The number of nitrogens with zero attached hydrogens (tertiary/aromatic N) is 2. The normalized spacial score (nSPS) is 17.3. The van der Waals surface area contributed by atoms with E-state index in [2.05, 4.69) is 6.07 Å². The molecule has 0 radical (unpaired) electrons. The van der Waals surface area contributed by atoms with E-state index in [-0.39, 0.29) is 39.2 Å². The van der Waals surface area contributed by atoms with E-state index in [1.807, 2.05) is 23.1 Å². The van der Waals surface area contributed by atoms with E-state index in [9.17, 15) is 14.7 Å². The van der Waals surface area contributed by atoms with Crippen molar-refractivity contribution in [1.29, 1.82) is 0 Å². The van der Waals surface area contributed by atoms with Crippen LogP contribution < -0.4 is 4.90 Å². The summed E-state index contributed by atoms with van der Waals surface area (Å²) in [6.45, 7) is 0.531. The third-order valence-electron chi connectivity index (χ3n) is 8.61. The van der Waals surface area contributed by atoms with Gasteiger partial charge >= 0.3 is 5.97 Å². The molecule has 5 nitrogen and oxygen atoms in total. The summed E-state index contributed by atoms with van der Waals surface area (Å²) in [5, 5.41) is 9.89. The minimum atomic E-state index is -1.36. The lowest BCUT2D eigenvalue weighted by atomic mass is 9.66. The molecule has 7 rings (SSSR count). The number of fused-ring (bicyclic) bond motifs is 3. The van der Waals surface area contributed by atoms with E-state index in [1.165, 1.54) is 29.8 Å². The van der Waals surface area contributed by atoms with Gasteiger partial charge in [-0.3, -0.25) is 4.79 Å². The molecule has 1 N–H and O–H groups in total. The predicted molar refractivity (Wildman–Crippen MR) is 151 cm³/mol. The average molecular weight is 579 g/mol. The highest BCUT2D eigenvalue weighted by Gasteiger charge is 2.48. The Hall–Kier alpha value is -3.36. The first-order valence-electron chi connectivity index (χ1n) is 13.4. The SMILES string of the molecule is O=C(O)c1cccc(Sc2c(C3CC3)n(CC(=O)N3CC4(CCC4)c4ccccc43)c3c(F)c(Cl)ccc23)c1F. The molecule has 2 heterocycles. The molecule has 9 heteroatoms. The van der Waals surface area contributed by atoms with E-state index in [4.69, 9.17) is 11.6 Å². The second-order valence-electron chi connectivity index (χ2n) is 11.0. The fraction of sp³-hybridized carbons (Fsp3) is 0.290. The van der Waals surface area contributed by atoms with Gasteiger partial charge in [-0.2, -0.15) is 0 Å². The molecule has 4 aromatic rings. The Labute approximate surface area is 238 Å². The minimum absolute atomic E-state index is 0.00735. The maximum Gasteiger partial charge on any atom is 0.338 e. The molecule has 2 fully saturated rings. The highest BCUT2D eigenvalue weighted by atomic mass is 35.5. The highest BCUT2D eigenvalue weighted by molar-refractivity contribution is 7.99. The zero-order valence-electron chi connectivity index (χ0n) is 21.4. The smallest absolute Gasteiger partial charge is 0.338 e. The van der Waals surface area contributed by atoms with Crippen LogP contribution in [-0.2, 0) is 16.8 Å². The number of benzene rings is 3. The van der Waals surface area contributed by atoms with Crippen molar-refractivity contribution in [1.82, 2.24) is 4.57 Å². The molecule has 0 atom stereocenters. The number of halogens is 3. The van der Waals surface area contributed by atoms with E-state index in [0.29, 0.717) is 16.8 Å². The Bertz CT molecular complexity index is 1730. The summed E-state index contributed by atoms with van der Waals surface area (Å²) in [5.74, 6) is -2.88. The second kappa shape index (κ2) is 9.35. The number of rotatable bonds is 6. The van der Waals surface area contributed by atoms with Gasteiger partial charge < -0.3 is 14.6 Å². The van der Waals surface area contributed by atoms with Gasteiger partial charge in [0.25, 0.3) is 0 Å². The number of para-hydroxylation sites is 1. The van der Waals surface area contributed by atoms with Crippen molar-refractivity contribution >= 4 is 51.8 Å². The number of hydrogen-bond acceptors (Lipinski definition) is 3. The number of hydrogen-bond donors (Lipinski definition) is 1. The molecule has 1 aliphatic heterocycles. The number of carbonyl (C=O) groups excluding carboxylic acids is 1. The van der Waals surface area contributed by atoms with Gasteiger partial charge in [-0.15, -0.1) is 0 Å². The number of carboxylic acid groups (broad SMARTS) is 1. The molecule has 0 saturated heterocycles. The summed E-state index contributed by atoms with van der Waals surface area (Å²) in [6.07, 6.45) is 4.94. The van der Waals surface area contributed by atoms with Gasteiger partial charge in [0.15, 0.2) is 11.6 Å². The molecule has 2 saturated carbocycles. The van der Waals surface area contributed by atoms with Crippen LogP contribution >= 0.6 is 23.4 Å². The average Bonchev–Trinajstić information content (AvgIpc) is 3.62. The van der Waals surface area contributed by atoms with E-state index >= 15 is 8.78 Å². The van der Waals surface area contributed by atoms with Crippen molar-refractivity contribution in [3.8, 4) is 0 Å². The molecule has 1 aromatic heterocycles. The molecule has 204 valence electrons. The molecular formula is C31H25ClF2N2O3S. The number of aromatic carboxylic acids is 1.